The third kappa shape index (κ3) is 2.03. The maximum Gasteiger partial charge on any atom is 0.276 e. The maximum absolute atomic E-state index is 14.0. The van der Waals surface area contributed by atoms with Crippen molar-refractivity contribution in [3.05, 3.63) is 23.6 Å². The quantitative estimate of drug-likeness (QED) is 0.628. The minimum absolute atomic E-state index is 0.0188. The first-order valence-electron chi connectivity index (χ1n) is 6.09. The number of pyridine rings is 1. The molecule has 0 unspecified atom stereocenters. The molecule has 1 heterocycles. The maximum atomic E-state index is 14.0. The van der Waals surface area contributed by atoms with Gasteiger partial charge in [0.25, 0.3) is 5.91 Å². The highest BCUT2D eigenvalue weighted by molar-refractivity contribution is 5.93. The van der Waals surface area contributed by atoms with Crippen LogP contribution < -0.4 is 10.4 Å². The molecule has 0 radical (unpaired) electrons. The van der Waals surface area contributed by atoms with E-state index >= 15 is 0 Å². The molecule has 1 aromatic heterocycles. The topological polar surface area (TPSA) is 65.5 Å². The van der Waals surface area contributed by atoms with E-state index in [0.717, 1.165) is 31.7 Å². The van der Waals surface area contributed by atoms with Gasteiger partial charge in [0.1, 0.15) is 0 Å². The lowest BCUT2D eigenvalue weighted by Crippen LogP contribution is -2.30. The number of amides is 1. The van der Waals surface area contributed by atoms with E-state index in [1.165, 1.54) is 11.7 Å². The molecule has 96 valence electrons. The Hall–Kier alpha value is -1.69. The van der Waals surface area contributed by atoms with E-state index in [2.05, 4.69) is 4.98 Å². The minimum atomic E-state index is -0.752. The second-order valence-electron chi connectivity index (χ2n) is 4.84. The average molecular weight is 251 g/mol. The summed E-state index contributed by atoms with van der Waals surface area (Å²) in [5.41, 5.74) is 1.49. The number of halogens is 1. The Labute approximate surface area is 104 Å². The van der Waals surface area contributed by atoms with E-state index in [9.17, 15) is 9.18 Å². The number of rotatable bonds is 4. The van der Waals surface area contributed by atoms with Crippen LogP contribution in [0.25, 0.3) is 0 Å². The van der Waals surface area contributed by atoms with E-state index in [4.69, 9.17) is 5.21 Å². The molecule has 0 aliphatic heterocycles. The van der Waals surface area contributed by atoms with E-state index in [-0.39, 0.29) is 5.56 Å². The van der Waals surface area contributed by atoms with Crippen LogP contribution in [0.1, 0.15) is 36.0 Å². The van der Waals surface area contributed by atoms with Gasteiger partial charge in [-0.05, 0) is 31.7 Å². The Morgan fingerprint density at radius 2 is 2.00 bits per heavy atom. The molecule has 0 aromatic carbocycles. The summed E-state index contributed by atoms with van der Waals surface area (Å²) in [7, 11) is 0. The third-order valence-corrected chi connectivity index (χ3v) is 3.31. The number of hydroxylamine groups is 1. The summed E-state index contributed by atoms with van der Waals surface area (Å²) in [5, 5.41) is 8.49. The van der Waals surface area contributed by atoms with Crippen LogP contribution in [0.3, 0.4) is 0 Å². The Morgan fingerprint density at radius 1 is 1.39 bits per heavy atom. The van der Waals surface area contributed by atoms with Crippen LogP contribution in [0.2, 0.25) is 0 Å². The fraction of sp³-hybridized carbons (Fsp3) is 0.500. The van der Waals surface area contributed by atoms with E-state index in [0.29, 0.717) is 17.9 Å². The van der Waals surface area contributed by atoms with Gasteiger partial charge in [0.15, 0.2) is 11.6 Å². The molecule has 0 bridgehead atoms. The molecule has 6 heteroatoms. The predicted molar refractivity (Wildman–Crippen MR) is 62.0 cm³/mol. The zero-order valence-electron chi connectivity index (χ0n) is 9.77. The van der Waals surface area contributed by atoms with Crippen LogP contribution in [0.4, 0.5) is 10.2 Å². The SMILES string of the molecule is O=C(NO)c1cnc(N(C2CC2)C2CC2)c(F)c1. The monoisotopic (exact) mass is 251 g/mol. The summed E-state index contributed by atoms with van der Waals surface area (Å²) in [5.74, 6) is -0.929. The Kier molecular flexibility index (Phi) is 2.66. The standard InChI is InChI=1S/C12H14FN3O2/c13-10-5-7(12(17)15-18)6-14-11(10)16(8-1-2-8)9-3-4-9/h5-6,8-9,18H,1-4H2,(H,15,17). The Balaban J connectivity index is 1.89. The van der Waals surface area contributed by atoms with Gasteiger partial charge in [0.2, 0.25) is 0 Å². The molecule has 2 fully saturated rings. The minimum Gasteiger partial charge on any atom is -0.348 e. The highest BCUT2D eigenvalue weighted by Gasteiger charge is 2.41. The molecule has 3 rings (SSSR count). The van der Waals surface area contributed by atoms with Crippen molar-refractivity contribution in [1.29, 1.82) is 0 Å². The number of hydrogen-bond acceptors (Lipinski definition) is 4. The molecule has 18 heavy (non-hydrogen) atoms. The molecule has 1 aromatic rings. The van der Waals surface area contributed by atoms with Gasteiger partial charge >= 0.3 is 0 Å². The van der Waals surface area contributed by atoms with Crippen LogP contribution in [0.5, 0.6) is 0 Å². The number of carbonyl (C=O) groups excluding carboxylic acids is 1. The van der Waals surface area contributed by atoms with Gasteiger partial charge in [-0.2, -0.15) is 0 Å². The molecule has 0 saturated heterocycles. The molecule has 2 aliphatic carbocycles. The van der Waals surface area contributed by atoms with Crippen LogP contribution in [0.15, 0.2) is 12.3 Å². The van der Waals surface area contributed by atoms with Crippen molar-refractivity contribution in [2.24, 2.45) is 0 Å². The van der Waals surface area contributed by atoms with Gasteiger partial charge in [-0.15, -0.1) is 0 Å². The van der Waals surface area contributed by atoms with Crippen molar-refractivity contribution in [3.8, 4) is 0 Å². The molecular weight excluding hydrogens is 237 g/mol. The van der Waals surface area contributed by atoms with Gasteiger partial charge < -0.3 is 4.90 Å². The van der Waals surface area contributed by atoms with Gasteiger partial charge in [-0.3, -0.25) is 10.0 Å². The predicted octanol–water partition coefficient (Wildman–Crippen LogP) is 1.47. The lowest BCUT2D eigenvalue weighted by Gasteiger charge is -2.23. The molecule has 5 nitrogen and oxygen atoms in total. The summed E-state index contributed by atoms with van der Waals surface area (Å²) < 4.78 is 14.0. The third-order valence-electron chi connectivity index (χ3n) is 3.31. The molecular formula is C12H14FN3O2. The summed E-state index contributed by atoms with van der Waals surface area (Å²) >= 11 is 0. The Morgan fingerprint density at radius 3 is 2.44 bits per heavy atom. The van der Waals surface area contributed by atoms with Crippen LogP contribution in [-0.4, -0.2) is 28.2 Å². The van der Waals surface area contributed by atoms with Gasteiger partial charge in [0, 0.05) is 18.3 Å². The van der Waals surface area contributed by atoms with Crippen molar-refractivity contribution in [2.45, 2.75) is 37.8 Å². The van der Waals surface area contributed by atoms with Crippen molar-refractivity contribution in [2.75, 3.05) is 4.90 Å². The number of carbonyl (C=O) groups is 1. The first-order chi connectivity index (χ1) is 8.70. The first-order valence-corrected chi connectivity index (χ1v) is 6.09. The summed E-state index contributed by atoms with van der Waals surface area (Å²) in [6.45, 7) is 0. The van der Waals surface area contributed by atoms with Gasteiger partial charge in [-0.25, -0.2) is 14.9 Å². The van der Waals surface area contributed by atoms with E-state index in [1.54, 1.807) is 0 Å². The number of anilines is 1. The van der Waals surface area contributed by atoms with Crippen molar-refractivity contribution >= 4 is 11.7 Å². The zero-order chi connectivity index (χ0) is 12.7. The highest BCUT2D eigenvalue weighted by Crippen LogP contribution is 2.40. The van der Waals surface area contributed by atoms with Crippen molar-refractivity contribution < 1.29 is 14.4 Å². The highest BCUT2D eigenvalue weighted by atomic mass is 19.1. The van der Waals surface area contributed by atoms with Crippen molar-refractivity contribution in [1.82, 2.24) is 10.5 Å². The van der Waals surface area contributed by atoms with Crippen LogP contribution in [0, 0.1) is 5.82 Å². The number of nitrogens with one attached hydrogen (secondary N) is 1. The molecule has 2 N–H and O–H groups in total. The second-order valence-corrected chi connectivity index (χ2v) is 4.84. The molecule has 0 atom stereocenters. The summed E-state index contributed by atoms with van der Waals surface area (Å²) in [4.78, 5) is 17.2. The van der Waals surface area contributed by atoms with Gasteiger partial charge in [-0.1, -0.05) is 0 Å². The fourth-order valence-corrected chi connectivity index (χ4v) is 2.16. The number of nitrogens with zero attached hydrogens (tertiary/aromatic N) is 2. The van der Waals surface area contributed by atoms with Crippen LogP contribution in [-0.2, 0) is 0 Å². The normalized spacial score (nSPS) is 18.6. The van der Waals surface area contributed by atoms with Crippen molar-refractivity contribution in [3.63, 3.8) is 0 Å². The smallest absolute Gasteiger partial charge is 0.276 e. The zero-order valence-corrected chi connectivity index (χ0v) is 9.77. The average Bonchev–Trinajstić information content (AvgIpc) is 3.24. The lowest BCUT2D eigenvalue weighted by molar-refractivity contribution is 0.0705. The summed E-state index contributed by atoms with van der Waals surface area (Å²) in [6, 6.07) is 1.92. The molecule has 1 amide bonds. The largest absolute Gasteiger partial charge is 0.348 e. The fourth-order valence-electron chi connectivity index (χ4n) is 2.16. The lowest BCUT2D eigenvalue weighted by atomic mass is 10.2. The first kappa shape index (κ1) is 11.4. The number of hydrogen-bond donors (Lipinski definition) is 2. The Bertz CT molecular complexity index is 474. The van der Waals surface area contributed by atoms with E-state index < -0.39 is 11.7 Å². The van der Waals surface area contributed by atoms with E-state index in [1.807, 2.05) is 4.90 Å². The number of aromatic nitrogens is 1. The molecule has 2 saturated carbocycles. The summed E-state index contributed by atoms with van der Waals surface area (Å²) in [6.07, 6.45) is 5.61. The molecule has 2 aliphatic rings. The van der Waals surface area contributed by atoms with Gasteiger partial charge in [0.05, 0.1) is 5.56 Å². The molecule has 0 spiro atoms. The second kappa shape index (κ2) is 4.20. The van der Waals surface area contributed by atoms with Crippen LogP contribution >= 0.6 is 0 Å².